The summed E-state index contributed by atoms with van der Waals surface area (Å²) in [6.07, 6.45) is 6.53. The van der Waals surface area contributed by atoms with Gasteiger partial charge >= 0.3 is 0 Å². The standard InChI is InChI=1S/C24H27N5O2/c1-2-4-20-16(3-1)21(19(12-30-20)29-9-10-31-24(13-29)7-8-24)28-23-17-11-18(15-5-6-15)27-22(17)25-14-26-23/h1-4,11,14-15,19,21H,5-10,12-13H2,(H2,25,26,27,28). The molecule has 0 bridgehead atoms. The quantitative estimate of drug-likeness (QED) is 0.675. The van der Waals surface area contributed by atoms with Gasteiger partial charge in [0.2, 0.25) is 0 Å². The molecule has 2 aliphatic heterocycles. The molecular weight excluding hydrogens is 390 g/mol. The van der Waals surface area contributed by atoms with E-state index in [1.165, 1.54) is 36.9 Å². The molecule has 2 aromatic heterocycles. The van der Waals surface area contributed by atoms with Crippen molar-refractivity contribution in [2.45, 2.75) is 49.3 Å². The van der Waals surface area contributed by atoms with Crippen LogP contribution in [0.5, 0.6) is 5.75 Å². The van der Waals surface area contributed by atoms with Crippen molar-refractivity contribution in [3.8, 4) is 5.75 Å². The van der Waals surface area contributed by atoms with Crippen molar-refractivity contribution >= 4 is 16.9 Å². The van der Waals surface area contributed by atoms with Gasteiger partial charge in [-0.1, -0.05) is 18.2 Å². The van der Waals surface area contributed by atoms with Gasteiger partial charge in [0, 0.05) is 24.3 Å². The van der Waals surface area contributed by atoms with Crippen LogP contribution in [-0.2, 0) is 4.74 Å². The Morgan fingerprint density at radius 3 is 2.94 bits per heavy atom. The lowest BCUT2D eigenvalue weighted by Gasteiger charge is -2.44. The minimum absolute atomic E-state index is 0.0851. The van der Waals surface area contributed by atoms with Gasteiger partial charge in [0.1, 0.15) is 30.1 Å². The van der Waals surface area contributed by atoms with Gasteiger partial charge in [0.05, 0.1) is 29.7 Å². The van der Waals surface area contributed by atoms with Crippen molar-refractivity contribution < 1.29 is 9.47 Å². The van der Waals surface area contributed by atoms with E-state index in [4.69, 9.17) is 9.47 Å². The van der Waals surface area contributed by atoms with Crippen molar-refractivity contribution in [3.05, 3.63) is 47.9 Å². The first kappa shape index (κ1) is 18.0. The van der Waals surface area contributed by atoms with Gasteiger partial charge in [0.25, 0.3) is 0 Å². The number of aromatic amines is 1. The molecule has 7 rings (SSSR count). The molecule has 7 nitrogen and oxygen atoms in total. The van der Waals surface area contributed by atoms with Gasteiger partial charge in [0.15, 0.2) is 0 Å². The maximum Gasteiger partial charge on any atom is 0.143 e. The molecule has 4 heterocycles. The number of para-hydroxylation sites is 1. The van der Waals surface area contributed by atoms with E-state index in [1.807, 2.05) is 6.07 Å². The Balaban J connectivity index is 1.26. The first-order valence-corrected chi connectivity index (χ1v) is 11.5. The number of hydrogen-bond acceptors (Lipinski definition) is 6. The molecule has 7 heteroatoms. The van der Waals surface area contributed by atoms with Crippen LogP contribution in [0.15, 0.2) is 36.7 Å². The zero-order chi connectivity index (χ0) is 20.4. The van der Waals surface area contributed by atoms with Crippen LogP contribution in [0.3, 0.4) is 0 Å². The summed E-state index contributed by atoms with van der Waals surface area (Å²) in [5.41, 5.74) is 3.48. The van der Waals surface area contributed by atoms with Gasteiger partial charge in [-0.3, -0.25) is 4.90 Å². The number of H-pyrrole nitrogens is 1. The summed E-state index contributed by atoms with van der Waals surface area (Å²) < 4.78 is 12.3. The van der Waals surface area contributed by atoms with Gasteiger partial charge in [-0.05, 0) is 43.7 Å². The molecule has 3 fully saturated rings. The fourth-order valence-corrected chi connectivity index (χ4v) is 5.27. The second-order valence-corrected chi connectivity index (χ2v) is 9.52. The molecule has 2 atom stereocenters. The number of nitrogens with zero attached hydrogens (tertiary/aromatic N) is 3. The number of morpholine rings is 1. The third-order valence-corrected chi connectivity index (χ3v) is 7.36. The second kappa shape index (κ2) is 6.68. The highest BCUT2D eigenvalue weighted by Crippen LogP contribution is 2.45. The van der Waals surface area contributed by atoms with Crippen molar-refractivity contribution in [2.75, 3.05) is 31.6 Å². The van der Waals surface area contributed by atoms with Crippen LogP contribution < -0.4 is 10.1 Å². The van der Waals surface area contributed by atoms with E-state index in [2.05, 4.69) is 49.4 Å². The second-order valence-electron chi connectivity index (χ2n) is 9.52. The van der Waals surface area contributed by atoms with E-state index in [1.54, 1.807) is 6.33 Å². The van der Waals surface area contributed by atoms with E-state index in [9.17, 15) is 0 Å². The van der Waals surface area contributed by atoms with E-state index >= 15 is 0 Å². The average molecular weight is 418 g/mol. The third kappa shape index (κ3) is 3.10. The molecule has 4 aliphatic rings. The lowest BCUT2D eigenvalue weighted by atomic mass is 9.94. The molecule has 2 unspecified atom stereocenters. The zero-order valence-corrected chi connectivity index (χ0v) is 17.5. The first-order valence-electron chi connectivity index (χ1n) is 11.5. The molecule has 2 N–H and O–H groups in total. The molecule has 2 saturated carbocycles. The predicted octanol–water partition coefficient (Wildman–Crippen LogP) is 3.61. The smallest absolute Gasteiger partial charge is 0.143 e. The Morgan fingerprint density at radius 1 is 1.16 bits per heavy atom. The molecule has 2 aliphatic carbocycles. The Bertz CT molecular complexity index is 1140. The Kier molecular flexibility index (Phi) is 3.87. The number of ether oxygens (including phenoxy) is 2. The van der Waals surface area contributed by atoms with E-state index in [-0.39, 0.29) is 17.7 Å². The highest BCUT2D eigenvalue weighted by atomic mass is 16.5. The number of nitrogens with one attached hydrogen (secondary N) is 2. The lowest BCUT2D eigenvalue weighted by molar-refractivity contribution is -0.0696. The fourth-order valence-electron chi connectivity index (χ4n) is 5.27. The highest BCUT2D eigenvalue weighted by molar-refractivity contribution is 5.88. The SMILES string of the molecule is c1ccc2c(c1)OCC(N1CCOC3(CC3)C1)C2Nc1ncnc2[nH]c(C3CC3)cc12. The lowest BCUT2D eigenvalue weighted by Crippen LogP contribution is -2.55. The van der Waals surface area contributed by atoms with E-state index in [0.717, 1.165) is 42.3 Å². The minimum Gasteiger partial charge on any atom is -0.491 e. The summed E-state index contributed by atoms with van der Waals surface area (Å²) in [7, 11) is 0. The van der Waals surface area contributed by atoms with Gasteiger partial charge in [-0.15, -0.1) is 0 Å². The molecular formula is C24H27N5O2. The summed E-state index contributed by atoms with van der Waals surface area (Å²) in [6, 6.07) is 10.9. The highest BCUT2D eigenvalue weighted by Gasteiger charge is 2.50. The van der Waals surface area contributed by atoms with Crippen LogP contribution >= 0.6 is 0 Å². The predicted molar refractivity (Wildman–Crippen MR) is 117 cm³/mol. The average Bonchev–Trinajstić information content (AvgIpc) is 3.73. The first-order chi connectivity index (χ1) is 15.3. The largest absolute Gasteiger partial charge is 0.491 e. The number of aromatic nitrogens is 3. The number of anilines is 1. The van der Waals surface area contributed by atoms with Crippen LogP contribution in [0.4, 0.5) is 5.82 Å². The van der Waals surface area contributed by atoms with Crippen molar-refractivity contribution in [1.29, 1.82) is 0 Å². The Morgan fingerprint density at radius 2 is 2.06 bits per heavy atom. The van der Waals surface area contributed by atoms with E-state index < -0.39 is 0 Å². The van der Waals surface area contributed by atoms with Crippen LogP contribution in [-0.4, -0.2) is 57.8 Å². The molecule has 0 amide bonds. The number of benzene rings is 1. The number of hydrogen-bond donors (Lipinski definition) is 2. The van der Waals surface area contributed by atoms with Crippen molar-refractivity contribution in [3.63, 3.8) is 0 Å². The van der Waals surface area contributed by atoms with Crippen LogP contribution in [0, 0.1) is 0 Å². The van der Waals surface area contributed by atoms with Crippen molar-refractivity contribution in [2.24, 2.45) is 0 Å². The Labute approximate surface area is 181 Å². The summed E-state index contributed by atoms with van der Waals surface area (Å²) in [4.78, 5) is 15.2. The van der Waals surface area contributed by atoms with Gasteiger partial charge in [-0.2, -0.15) is 0 Å². The summed E-state index contributed by atoms with van der Waals surface area (Å²) >= 11 is 0. The maximum absolute atomic E-state index is 6.22. The van der Waals surface area contributed by atoms with Crippen LogP contribution in [0.2, 0.25) is 0 Å². The van der Waals surface area contributed by atoms with Gasteiger partial charge in [-0.25, -0.2) is 9.97 Å². The topological polar surface area (TPSA) is 75.3 Å². The Hall–Kier alpha value is -2.64. The summed E-state index contributed by atoms with van der Waals surface area (Å²) in [5, 5.41) is 4.89. The molecule has 1 saturated heterocycles. The van der Waals surface area contributed by atoms with Crippen molar-refractivity contribution in [1.82, 2.24) is 19.9 Å². The minimum atomic E-state index is 0.0851. The van der Waals surface area contributed by atoms with Crippen LogP contribution in [0.25, 0.3) is 11.0 Å². The number of fused-ring (bicyclic) bond motifs is 2. The molecule has 160 valence electrons. The fraction of sp³-hybridized carbons (Fsp3) is 0.500. The third-order valence-electron chi connectivity index (χ3n) is 7.36. The normalized spacial score (nSPS) is 27.1. The maximum atomic E-state index is 6.22. The zero-order valence-electron chi connectivity index (χ0n) is 17.5. The molecule has 1 spiro atoms. The van der Waals surface area contributed by atoms with E-state index in [0.29, 0.717) is 12.5 Å². The number of rotatable bonds is 4. The molecule has 3 aromatic rings. The molecule has 0 radical (unpaired) electrons. The van der Waals surface area contributed by atoms with Gasteiger partial charge < -0.3 is 19.8 Å². The summed E-state index contributed by atoms with van der Waals surface area (Å²) in [6.45, 7) is 3.38. The van der Waals surface area contributed by atoms with Crippen LogP contribution in [0.1, 0.15) is 48.9 Å². The molecule has 31 heavy (non-hydrogen) atoms. The summed E-state index contributed by atoms with van der Waals surface area (Å²) in [5.74, 6) is 2.51. The monoisotopic (exact) mass is 417 g/mol. The molecule has 1 aromatic carbocycles.